The van der Waals surface area contributed by atoms with Crippen LogP contribution in [0.15, 0.2) is 12.2 Å². The lowest BCUT2D eigenvalue weighted by Gasteiger charge is -2.18. The van der Waals surface area contributed by atoms with Gasteiger partial charge in [0.15, 0.2) is 6.10 Å². The average Bonchev–Trinajstić information content (AvgIpc) is 3.05. The van der Waals surface area contributed by atoms with E-state index in [4.69, 9.17) is 19.3 Å². The van der Waals surface area contributed by atoms with Gasteiger partial charge in [0.2, 0.25) is 0 Å². The molecule has 0 aliphatic carbocycles. The van der Waals surface area contributed by atoms with E-state index in [-0.39, 0.29) is 19.4 Å². The number of hydrogen-bond acceptors (Lipinski definition) is 6. The highest BCUT2D eigenvalue weighted by Crippen LogP contribution is 2.36. The van der Waals surface area contributed by atoms with Gasteiger partial charge in [0, 0.05) is 12.8 Å². The van der Waals surface area contributed by atoms with E-state index in [9.17, 15) is 14.2 Å². The second-order valence-electron chi connectivity index (χ2n) is 13.6. The van der Waals surface area contributed by atoms with Crippen molar-refractivity contribution in [2.75, 3.05) is 13.2 Å². The molecule has 0 unspecified atom stereocenters. The molecule has 0 heterocycles. The van der Waals surface area contributed by atoms with Crippen molar-refractivity contribution in [1.29, 1.82) is 0 Å². The number of phosphoric ester groups is 1. The molecule has 0 spiro atoms. The first-order valence-electron chi connectivity index (χ1n) is 20.0. The first-order valence-corrected chi connectivity index (χ1v) is 21.5. The zero-order valence-electron chi connectivity index (χ0n) is 31.2. The molecule has 0 amide bonds. The molecule has 0 saturated heterocycles. The maximum Gasteiger partial charge on any atom is 0.469 e. The zero-order chi connectivity index (χ0) is 35.4. The number of hydrogen-bond donors (Lipinski definition) is 2. The number of allylic oxidation sites excluding steroid dienone is 2. The number of rotatable bonds is 37. The molecular formula is C39H75O8P. The predicted octanol–water partition coefficient (Wildman–Crippen LogP) is 11.8. The topological polar surface area (TPSA) is 119 Å². The van der Waals surface area contributed by atoms with Gasteiger partial charge in [-0.25, -0.2) is 4.57 Å². The van der Waals surface area contributed by atoms with Crippen molar-refractivity contribution in [3.8, 4) is 0 Å². The van der Waals surface area contributed by atoms with E-state index in [1.165, 1.54) is 116 Å². The normalized spacial score (nSPS) is 12.5. The number of esters is 2. The quantitative estimate of drug-likeness (QED) is 0.0284. The summed E-state index contributed by atoms with van der Waals surface area (Å²) in [7, 11) is -4.75. The minimum absolute atomic E-state index is 0.216. The summed E-state index contributed by atoms with van der Waals surface area (Å²) in [4.78, 5) is 42.7. The molecule has 0 aromatic heterocycles. The molecule has 9 heteroatoms. The average molecular weight is 703 g/mol. The first kappa shape index (κ1) is 46.8. The van der Waals surface area contributed by atoms with E-state index < -0.39 is 32.5 Å². The fourth-order valence-corrected chi connectivity index (χ4v) is 6.14. The van der Waals surface area contributed by atoms with Gasteiger partial charge in [-0.1, -0.05) is 167 Å². The zero-order valence-corrected chi connectivity index (χ0v) is 32.0. The second-order valence-corrected chi connectivity index (χ2v) is 14.9. The third-order valence-corrected chi connectivity index (χ3v) is 9.27. The largest absolute Gasteiger partial charge is 0.469 e. The van der Waals surface area contributed by atoms with Crippen molar-refractivity contribution in [3.63, 3.8) is 0 Å². The van der Waals surface area contributed by atoms with Gasteiger partial charge in [-0.15, -0.1) is 0 Å². The van der Waals surface area contributed by atoms with Crippen LogP contribution >= 0.6 is 7.82 Å². The molecular weight excluding hydrogens is 627 g/mol. The van der Waals surface area contributed by atoms with Crippen LogP contribution in [0.1, 0.15) is 206 Å². The summed E-state index contributed by atoms with van der Waals surface area (Å²) in [6.45, 7) is 3.67. The molecule has 0 aromatic rings. The third-order valence-electron chi connectivity index (χ3n) is 8.78. The van der Waals surface area contributed by atoms with Gasteiger partial charge in [0.05, 0.1) is 6.61 Å². The molecule has 0 radical (unpaired) electrons. The Hall–Kier alpha value is -1.21. The first-order chi connectivity index (χ1) is 23.3. The minimum atomic E-state index is -4.75. The maximum atomic E-state index is 12.4. The Labute approximate surface area is 295 Å². The van der Waals surface area contributed by atoms with Crippen LogP contribution in [-0.4, -0.2) is 41.0 Å². The van der Waals surface area contributed by atoms with E-state index >= 15 is 0 Å². The van der Waals surface area contributed by atoms with Crippen molar-refractivity contribution in [1.82, 2.24) is 0 Å². The van der Waals surface area contributed by atoms with Gasteiger partial charge in [0.25, 0.3) is 0 Å². The number of ether oxygens (including phenoxy) is 2. The second kappa shape index (κ2) is 35.6. The molecule has 0 fully saturated rings. The summed E-state index contributed by atoms with van der Waals surface area (Å²) in [5.74, 6) is -0.885. The Kier molecular flexibility index (Phi) is 34.7. The lowest BCUT2D eigenvalue weighted by Crippen LogP contribution is -2.29. The summed E-state index contributed by atoms with van der Waals surface area (Å²) in [5, 5.41) is 0. The van der Waals surface area contributed by atoms with Crippen LogP contribution in [0.4, 0.5) is 0 Å². The highest BCUT2D eigenvalue weighted by atomic mass is 31.2. The Morgan fingerprint density at radius 2 is 0.875 bits per heavy atom. The summed E-state index contributed by atoms with van der Waals surface area (Å²) in [6.07, 6.45) is 37.9. The van der Waals surface area contributed by atoms with Gasteiger partial charge in [-0.2, -0.15) is 0 Å². The lowest BCUT2D eigenvalue weighted by molar-refractivity contribution is -0.161. The SMILES string of the molecule is CCCCCC/C=C\CCCCCCCC(=O)OC[C@H](COP(=O)(O)O)OC(=O)CCCCCCCCCCCCCCCCCCC. The Morgan fingerprint density at radius 3 is 1.29 bits per heavy atom. The van der Waals surface area contributed by atoms with Crippen LogP contribution in [0, 0.1) is 0 Å². The van der Waals surface area contributed by atoms with Gasteiger partial charge in [-0.05, 0) is 38.5 Å². The van der Waals surface area contributed by atoms with Crippen molar-refractivity contribution < 1.29 is 37.9 Å². The van der Waals surface area contributed by atoms with E-state index in [0.29, 0.717) is 6.42 Å². The molecule has 284 valence electrons. The minimum Gasteiger partial charge on any atom is -0.462 e. The van der Waals surface area contributed by atoms with Crippen molar-refractivity contribution in [2.24, 2.45) is 0 Å². The van der Waals surface area contributed by atoms with Crippen LogP contribution in [0.3, 0.4) is 0 Å². The number of carbonyl (C=O) groups is 2. The number of phosphoric acid groups is 1. The Balaban J connectivity index is 3.91. The fraction of sp³-hybridized carbons (Fsp3) is 0.897. The molecule has 48 heavy (non-hydrogen) atoms. The molecule has 1 atom stereocenters. The molecule has 8 nitrogen and oxygen atoms in total. The number of carbonyl (C=O) groups excluding carboxylic acids is 2. The van der Waals surface area contributed by atoms with Crippen LogP contribution in [-0.2, 0) is 28.2 Å². The highest BCUT2D eigenvalue weighted by Gasteiger charge is 2.22. The monoisotopic (exact) mass is 703 g/mol. The van der Waals surface area contributed by atoms with E-state index in [1.54, 1.807) is 0 Å². The van der Waals surface area contributed by atoms with Crippen LogP contribution in [0.2, 0.25) is 0 Å². The van der Waals surface area contributed by atoms with E-state index in [1.807, 2.05) is 0 Å². The maximum absolute atomic E-state index is 12.4. The molecule has 0 saturated carbocycles. The lowest BCUT2D eigenvalue weighted by atomic mass is 10.0. The Bertz CT molecular complexity index is 797. The predicted molar refractivity (Wildman–Crippen MR) is 198 cm³/mol. The van der Waals surface area contributed by atoms with Crippen LogP contribution < -0.4 is 0 Å². The van der Waals surface area contributed by atoms with E-state index in [0.717, 1.165) is 57.8 Å². The van der Waals surface area contributed by atoms with Gasteiger partial charge in [0.1, 0.15) is 6.61 Å². The van der Waals surface area contributed by atoms with Crippen molar-refractivity contribution in [2.45, 2.75) is 213 Å². The smallest absolute Gasteiger partial charge is 0.462 e. The molecule has 0 aliphatic rings. The molecule has 0 rings (SSSR count). The van der Waals surface area contributed by atoms with E-state index in [2.05, 4.69) is 30.5 Å². The highest BCUT2D eigenvalue weighted by molar-refractivity contribution is 7.46. The number of unbranched alkanes of at least 4 members (excludes halogenated alkanes) is 25. The summed E-state index contributed by atoms with van der Waals surface area (Å²) in [6, 6.07) is 0. The van der Waals surface area contributed by atoms with Crippen LogP contribution in [0.5, 0.6) is 0 Å². The van der Waals surface area contributed by atoms with Crippen LogP contribution in [0.25, 0.3) is 0 Å². The molecule has 0 aromatic carbocycles. The standard InChI is InChI=1S/C39H75O8P/c1-3-5-7-9-11-13-15-17-18-19-20-22-24-26-28-30-32-34-39(41)47-37(36-46-48(42,43)44)35-45-38(40)33-31-29-27-25-23-21-16-14-12-10-8-6-4-2/h14,16,37H,3-13,15,17-36H2,1-2H3,(H2,42,43,44)/b16-14-/t37-/m1/s1. The van der Waals surface area contributed by atoms with Gasteiger partial charge in [-0.3, -0.25) is 14.1 Å². The third kappa shape index (κ3) is 37.6. The fourth-order valence-electron chi connectivity index (χ4n) is 5.78. The van der Waals surface area contributed by atoms with Gasteiger partial charge >= 0.3 is 19.8 Å². The van der Waals surface area contributed by atoms with Gasteiger partial charge < -0.3 is 19.3 Å². The molecule has 2 N–H and O–H groups in total. The van der Waals surface area contributed by atoms with Crippen molar-refractivity contribution >= 4 is 19.8 Å². The molecule has 0 bridgehead atoms. The summed E-state index contributed by atoms with van der Waals surface area (Å²) < 4.78 is 26.3. The Morgan fingerprint density at radius 1 is 0.521 bits per heavy atom. The summed E-state index contributed by atoms with van der Waals surface area (Å²) >= 11 is 0. The van der Waals surface area contributed by atoms with Crippen molar-refractivity contribution in [3.05, 3.63) is 12.2 Å². The summed E-state index contributed by atoms with van der Waals surface area (Å²) in [5.41, 5.74) is 0. The molecule has 0 aliphatic heterocycles.